The zero-order chi connectivity index (χ0) is 28.4. The minimum Gasteiger partial charge on any atom is -0.480 e. The third-order valence-electron chi connectivity index (χ3n) is 7.11. The van der Waals surface area contributed by atoms with E-state index in [-0.39, 0.29) is 30.3 Å². The molecule has 0 unspecified atom stereocenters. The number of likely N-dealkylation sites (tertiary alicyclic amines) is 1. The lowest BCUT2D eigenvalue weighted by Gasteiger charge is -2.32. The van der Waals surface area contributed by atoms with Crippen molar-refractivity contribution >= 4 is 46.8 Å². The monoisotopic (exact) mass is 563 g/mol. The molecule has 13 nitrogen and oxygen atoms in total. The predicted molar refractivity (Wildman–Crippen MR) is 144 cm³/mol. The summed E-state index contributed by atoms with van der Waals surface area (Å²) in [5, 5.41) is 16.6. The molecule has 0 spiro atoms. The lowest BCUT2D eigenvalue weighted by Crippen LogP contribution is -2.55. The molecule has 1 saturated carbocycles. The maximum Gasteiger partial charge on any atom is 0.317 e. The van der Waals surface area contributed by atoms with Gasteiger partial charge < -0.3 is 26.8 Å². The van der Waals surface area contributed by atoms with E-state index in [1.54, 1.807) is 5.38 Å². The fourth-order valence-electron chi connectivity index (χ4n) is 5.24. The third kappa shape index (κ3) is 9.10. The van der Waals surface area contributed by atoms with Crippen LogP contribution in [0.2, 0.25) is 0 Å². The van der Waals surface area contributed by atoms with Gasteiger partial charge in [-0.15, -0.1) is 11.3 Å². The van der Waals surface area contributed by atoms with Crippen molar-refractivity contribution in [3.8, 4) is 0 Å². The van der Waals surface area contributed by atoms with Gasteiger partial charge in [-0.1, -0.05) is 32.1 Å². The smallest absolute Gasteiger partial charge is 0.317 e. The van der Waals surface area contributed by atoms with Gasteiger partial charge in [-0.05, 0) is 31.6 Å². The van der Waals surface area contributed by atoms with E-state index in [4.69, 9.17) is 11.5 Å². The molecule has 2 heterocycles. The van der Waals surface area contributed by atoms with Gasteiger partial charge in [0.05, 0.1) is 18.6 Å². The number of amides is 3. The van der Waals surface area contributed by atoms with Crippen LogP contribution in [-0.2, 0) is 19.2 Å². The van der Waals surface area contributed by atoms with Gasteiger partial charge in [-0.2, -0.15) is 4.99 Å². The van der Waals surface area contributed by atoms with Crippen molar-refractivity contribution in [2.75, 3.05) is 13.1 Å². The summed E-state index contributed by atoms with van der Waals surface area (Å²) < 4.78 is 0. The van der Waals surface area contributed by atoms with Crippen molar-refractivity contribution < 1.29 is 29.1 Å². The highest BCUT2D eigenvalue weighted by molar-refractivity contribution is 7.11. The van der Waals surface area contributed by atoms with Crippen molar-refractivity contribution in [3.63, 3.8) is 0 Å². The van der Waals surface area contributed by atoms with E-state index < -0.39 is 47.7 Å². The zero-order valence-electron chi connectivity index (χ0n) is 21.8. The minimum absolute atomic E-state index is 0.0507. The number of carbonyl (C=O) groups is 5. The number of guanidine groups is 1. The van der Waals surface area contributed by atoms with Gasteiger partial charge in [0.15, 0.2) is 11.0 Å². The number of nitrogens with zero attached hydrogens (tertiary/aromatic N) is 3. The molecule has 0 radical (unpaired) electrons. The summed E-state index contributed by atoms with van der Waals surface area (Å²) in [4.78, 5) is 72.3. The van der Waals surface area contributed by atoms with Gasteiger partial charge in [-0.3, -0.25) is 29.3 Å². The van der Waals surface area contributed by atoms with Crippen LogP contribution in [0, 0.1) is 5.92 Å². The van der Waals surface area contributed by atoms with E-state index in [2.05, 4.69) is 20.6 Å². The number of nitrogens with one attached hydrogen (secondary N) is 2. The molecule has 0 bridgehead atoms. The number of hydrogen-bond acceptors (Lipinski definition) is 8. The standard InChI is InChI=1S/C25H37N7O6S/c26-25(27)31-19(33)9-8-16(21(36)23-28-10-12-39-23)30-22(37)18-7-4-11-32(18)24(38)17(29-14-20(34)35)13-15-5-2-1-3-6-15/h10,12,15-18,29H,1-9,11,13-14H2,(H,30,37)(H,34,35)(H4,26,27,31,33)/t16-,17+,18-/m0/s1. The molecule has 2 fully saturated rings. The number of nitrogens with two attached hydrogens (primary N) is 2. The number of ketones is 1. The average molecular weight is 564 g/mol. The molecule has 1 aliphatic heterocycles. The fraction of sp³-hybridized carbons (Fsp3) is 0.640. The number of aromatic nitrogens is 1. The van der Waals surface area contributed by atoms with E-state index in [0.717, 1.165) is 43.4 Å². The molecule has 2 aliphatic rings. The molecule has 3 amide bonds. The molecule has 7 N–H and O–H groups in total. The summed E-state index contributed by atoms with van der Waals surface area (Å²) in [7, 11) is 0. The maximum atomic E-state index is 13.6. The van der Waals surface area contributed by atoms with Gasteiger partial charge >= 0.3 is 5.97 Å². The summed E-state index contributed by atoms with van der Waals surface area (Å²) in [5.74, 6) is -3.06. The number of Topliss-reactive ketones (excluding diaryl/α,β-unsaturated/α-hetero) is 1. The second kappa shape index (κ2) is 14.7. The molecule has 214 valence electrons. The quantitative estimate of drug-likeness (QED) is 0.127. The topological polar surface area (TPSA) is 210 Å². The van der Waals surface area contributed by atoms with Crippen molar-refractivity contribution in [1.82, 2.24) is 20.5 Å². The molecule has 0 aromatic carbocycles. The Kier molecular flexibility index (Phi) is 11.3. The Morgan fingerprint density at radius 1 is 1.10 bits per heavy atom. The van der Waals surface area contributed by atoms with Crippen LogP contribution in [0.4, 0.5) is 0 Å². The van der Waals surface area contributed by atoms with E-state index >= 15 is 0 Å². The number of carboxylic acids is 1. The number of thiazole rings is 1. The van der Waals surface area contributed by atoms with E-state index in [1.165, 1.54) is 11.1 Å². The van der Waals surface area contributed by atoms with Crippen molar-refractivity contribution in [2.45, 2.75) is 82.3 Å². The van der Waals surface area contributed by atoms with Crippen LogP contribution >= 0.6 is 11.3 Å². The predicted octanol–water partition coefficient (Wildman–Crippen LogP) is 0.395. The van der Waals surface area contributed by atoms with Gasteiger partial charge in [0, 0.05) is 24.5 Å². The molecule has 1 aromatic rings. The molecule has 3 atom stereocenters. The van der Waals surface area contributed by atoms with Gasteiger partial charge in [0.2, 0.25) is 23.5 Å². The van der Waals surface area contributed by atoms with Crippen LogP contribution in [0.5, 0.6) is 0 Å². The molecular weight excluding hydrogens is 526 g/mol. The second-order valence-electron chi connectivity index (χ2n) is 9.99. The highest BCUT2D eigenvalue weighted by Crippen LogP contribution is 2.29. The minimum atomic E-state index is -1.07. The molecular formula is C25H37N7O6S. The van der Waals surface area contributed by atoms with Crippen LogP contribution in [-0.4, -0.2) is 81.6 Å². The van der Waals surface area contributed by atoms with E-state index in [0.29, 0.717) is 31.7 Å². The number of hydrogen-bond donors (Lipinski definition) is 5. The molecule has 39 heavy (non-hydrogen) atoms. The average Bonchev–Trinajstić information content (AvgIpc) is 3.61. The molecule has 14 heteroatoms. The Hall–Kier alpha value is -3.39. The van der Waals surface area contributed by atoms with Gasteiger partial charge in [-0.25, -0.2) is 4.98 Å². The van der Waals surface area contributed by atoms with Crippen molar-refractivity contribution in [2.24, 2.45) is 22.4 Å². The van der Waals surface area contributed by atoms with Crippen LogP contribution < -0.4 is 22.1 Å². The van der Waals surface area contributed by atoms with E-state index in [1.807, 2.05) is 0 Å². The Balaban J connectivity index is 1.72. The summed E-state index contributed by atoms with van der Waals surface area (Å²) >= 11 is 1.11. The zero-order valence-corrected chi connectivity index (χ0v) is 22.7. The highest BCUT2D eigenvalue weighted by atomic mass is 32.1. The lowest BCUT2D eigenvalue weighted by atomic mass is 9.84. The van der Waals surface area contributed by atoms with Crippen LogP contribution in [0.3, 0.4) is 0 Å². The number of aliphatic carboxylic acids is 1. The Labute approximate surface area is 230 Å². The van der Waals surface area contributed by atoms with Crippen molar-refractivity contribution in [3.05, 3.63) is 16.6 Å². The summed E-state index contributed by atoms with van der Waals surface area (Å²) in [6, 6.07) is -2.61. The number of aliphatic imine (C=N–C) groups is 1. The lowest BCUT2D eigenvalue weighted by molar-refractivity contribution is -0.141. The highest BCUT2D eigenvalue weighted by Gasteiger charge is 2.39. The number of rotatable bonds is 13. The molecule has 1 saturated heterocycles. The summed E-state index contributed by atoms with van der Waals surface area (Å²) in [6.07, 6.45) is 8.03. The molecule has 3 rings (SSSR count). The SMILES string of the molecule is NC(N)=NC(=O)CC[C@H](NC(=O)[C@@H]1CCCN1C(=O)[C@@H](CC1CCCCC1)NCC(=O)O)C(=O)c1nccs1. The van der Waals surface area contributed by atoms with Crippen LogP contribution in [0.25, 0.3) is 0 Å². The Bertz CT molecular complexity index is 1050. The fourth-order valence-corrected chi connectivity index (χ4v) is 5.87. The van der Waals surface area contributed by atoms with Gasteiger partial charge in [0.1, 0.15) is 6.04 Å². The largest absolute Gasteiger partial charge is 0.480 e. The number of carbonyl (C=O) groups excluding carboxylic acids is 4. The van der Waals surface area contributed by atoms with Gasteiger partial charge in [0.25, 0.3) is 0 Å². The Morgan fingerprint density at radius 3 is 2.49 bits per heavy atom. The number of carboxylic acid groups (broad SMARTS) is 1. The maximum absolute atomic E-state index is 13.6. The first-order valence-corrected chi connectivity index (χ1v) is 14.2. The molecule has 1 aromatic heterocycles. The first-order chi connectivity index (χ1) is 18.7. The van der Waals surface area contributed by atoms with Crippen LogP contribution in [0.1, 0.15) is 74.0 Å². The molecule has 1 aliphatic carbocycles. The summed E-state index contributed by atoms with van der Waals surface area (Å²) in [6.45, 7) is -0.0110. The second-order valence-corrected chi connectivity index (χ2v) is 10.9. The van der Waals surface area contributed by atoms with Crippen LogP contribution in [0.15, 0.2) is 16.6 Å². The normalized spacial score (nSPS) is 19.2. The first-order valence-electron chi connectivity index (χ1n) is 13.3. The van der Waals surface area contributed by atoms with Crippen molar-refractivity contribution in [1.29, 1.82) is 0 Å². The summed E-state index contributed by atoms with van der Waals surface area (Å²) in [5.41, 5.74) is 10.5. The third-order valence-corrected chi connectivity index (χ3v) is 7.89. The Morgan fingerprint density at radius 2 is 1.85 bits per heavy atom. The first kappa shape index (κ1) is 30.2. The van der Waals surface area contributed by atoms with E-state index in [9.17, 15) is 29.1 Å².